The van der Waals surface area contributed by atoms with Crippen LogP contribution in [-0.4, -0.2) is 61.5 Å². The van der Waals surface area contributed by atoms with Gasteiger partial charge in [-0.15, -0.1) is 0 Å². The molecule has 0 aliphatic carbocycles. The number of hydrogen-bond donors (Lipinski definition) is 7. The van der Waals surface area contributed by atoms with E-state index in [0.717, 1.165) is 16.5 Å². The number of aliphatic carboxylic acids is 2. The summed E-state index contributed by atoms with van der Waals surface area (Å²) in [5.74, 6) is -2.81. The van der Waals surface area contributed by atoms with Crippen molar-refractivity contribution in [3.05, 3.63) is 47.2 Å². The Hall–Kier alpha value is -4.68. The molecule has 0 bridgehead atoms. The van der Waals surface area contributed by atoms with Crippen LogP contribution in [-0.2, 0) is 27.2 Å². The topological polar surface area (TPSA) is 226 Å². The molecule has 1 aromatic carbocycles. The number of benzene rings is 1. The third-order valence-corrected chi connectivity index (χ3v) is 5.72. The fourth-order valence-electron chi connectivity index (χ4n) is 3.79. The maximum absolute atomic E-state index is 12.6. The molecule has 1 atom stereocenters. The van der Waals surface area contributed by atoms with Gasteiger partial charge in [0.15, 0.2) is 0 Å². The summed E-state index contributed by atoms with van der Waals surface area (Å²) in [7, 11) is 0. The predicted octanol–water partition coefficient (Wildman–Crippen LogP) is 0.852. The lowest BCUT2D eigenvalue weighted by atomic mass is 10.0. The minimum Gasteiger partial charge on any atom is -0.481 e. The normalized spacial score (nSPS) is 11.7. The van der Waals surface area contributed by atoms with Gasteiger partial charge >= 0.3 is 11.9 Å². The van der Waals surface area contributed by atoms with Crippen LogP contribution in [0.25, 0.3) is 11.0 Å². The van der Waals surface area contributed by atoms with Gasteiger partial charge in [-0.2, -0.15) is 9.97 Å². The molecular weight excluding hydrogens is 482 g/mol. The third kappa shape index (κ3) is 7.65. The number of carboxylic acid groups (broad SMARTS) is 2. The highest BCUT2D eigenvalue weighted by atomic mass is 16.4. The zero-order chi connectivity index (χ0) is 26.9. The van der Waals surface area contributed by atoms with E-state index < -0.39 is 29.8 Å². The predicted molar refractivity (Wildman–Crippen MR) is 135 cm³/mol. The van der Waals surface area contributed by atoms with Crippen LogP contribution in [0.3, 0.4) is 0 Å². The Morgan fingerprint density at radius 1 is 1.00 bits per heavy atom. The van der Waals surface area contributed by atoms with Gasteiger partial charge in [0, 0.05) is 24.7 Å². The minimum absolute atomic E-state index is 0.0946. The molecule has 0 saturated carbocycles. The summed E-state index contributed by atoms with van der Waals surface area (Å²) in [6, 6.07) is 5.71. The lowest BCUT2D eigenvalue weighted by molar-refractivity contribution is -0.140. The average molecular weight is 512 g/mol. The fourth-order valence-corrected chi connectivity index (χ4v) is 3.79. The first-order valence-corrected chi connectivity index (χ1v) is 11.6. The van der Waals surface area contributed by atoms with Gasteiger partial charge in [0.2, 0.25) is 11.9 Å². The number of carbonyl (C=O) groups is 4. The molecule has 37 heavy (non-hydrogen) atoms. The number of H-pyrrole nitrogens is 1. The van der Waals surface area contributed by atoms with Gasteiger partial charge in [-0.1, -0.05) is 12.1 Å². The summed E-state index contributed by atoms with van der Waals surface area (Å²) in [6.07, 6.45) is 3.09. The van der Waals surface area contributed by atoms with Crippen molar-refractivity contribution < 1.29 is 29.4 Å². The van der Waals surface area contributed by atoms with Crippen LogP contribution in [0.15, 0.2) is 30.5 Å². The van der Waals surface area contributed by atoms with Crippen LogP contribution in [0, 0.1) is 0 Å². The van der Waals surface area contributed by atoms with Crippen molar-refractivity contribution in [2.45, 2.75) is 44.6 Å². The molecule has 3 rings (SSSR count). The number of anilines is 2. The van der Waals surface area contributed by atoms with Gasteiger partial charge in [-0.3, -0.25) is 14.4 Å². The summed E-state index contributed by atoms with van der Waals surface area (Å²) in [5.41, 5.74) is 14.4. The van der Waals surface area contributed by atoms with Crippen molar-refractivity contribution in [3.63, 3.8) is 0 Å². The van der Waals surface area contributed by atoms with Crippen molar-refractivity contribution in [2.75, 3.05) is 18.0 Å². The Kier molecular flexibility index (Phi) is 8.97. The van der Waals surface area contributed by atoms with Crippen LogP contribution in [0.1, 0.15) is 47.2 Å². The Bertz CT molecular complexity index is 1290. The molecule has 2 heterocycles. The van der Waals surface area contributed by atoms with Crippen molar-refractivity contribution in [1.82, 2.24) is 25.6 Å². The lowest BCUT2D eigenvalue weighted by Gasteiger charge is -2.15. The van der Waals surface area contributed by atoms with Crippen molar-refractivity contribution in [3.8, 4) is 0 Å². The molecule has 0 spiro atoms. The van der Waals surface area contributed by atoms with E-state index in [-0.39, 0.29) is 31.8 Å². The number of nitrogens with one attached hydrogen (secondary N) is 3. The molecule has 0 saturated heterocycles. The number of aromatic nitrogens is 3. The number of nitrogens with two attached hydrogens (primary N) is 2. The summed E-state index contributed by atoms with van der Waals surface area (Å²) in [6.45, 7) is 0.175. The first-order chi connectivity index (χ1) is 17.6. The van der Waals surface area contributed by atoms with Gasteiger partial charge in [0.05, 0.1) is 11.8 Å². The number of fused-ring (bicyclic) bond motifs is 1. The maximum Gasteiger partial charge on any atom is 0.326 e. The van der Waals surface area contributed by atoms with E-state index in [1.54, 1.807) is 24.3 Å². The number of carbonyl (C=O) groups excluding carboxylic acids is 2. The lowest BCUT2D eigenvalue weighted by Crippen LogP contribution is -2.41. The van der Waals surface area contributed by atoms with Crippen LogP contribution < -0.4 is 22.1 Å². The van der Waals surface area contributed by atoms with E-state index in [4.69, 9.17) is 16.6 Å². The van der Waals surface area contributed by atoms with E-state index >= 15 is 0 Å². The van der Waals surface area contributed by atoms with E-state index in [1.807, 2.05) is 6.20 Å². The molecule has 13 heteroatoms. The SMILES string of the molecule is Nc1nc(N)c2c(CCc3ccc(C(=O)N[C@@H](CCCNC(=O)CCC(=O)O)C(=O)O)cc3)c[nH]c2n1. The molecule has 2 amide bonds. The van der Waals surface area contributed by atoms with Crippen molar-refractivity contribution in [2.24, 2.45) is 0 Å². The molecule has 0 aliphatic rings. The Labute approximate surface area is 211 Å². The zero-order valence-corrected chi connectivity index (χ0v) is 20.0. The Morgan fingerprint density at radius 3 is 2.41 bits per heavy atom. The number of aryl methyl sites for hydroxylation is 2. The van der Waals surface area contributed by atoms with Gasteiger partial charge in [-0.05, 0) is 48.9 Å². The molecule has 9 N–H and O–H groups in total. The number of aromatic amines is 1. The molecular formula is C24H29N7O6. The molecule has 13 nitrogen and oxygen atoms in total. The Balaban J connectivity index is 1.49. The minimum atomic E-state index is -1.19. The summed E-state index contributed by atoms with van der Waals surface area (Å²) >= 11 is 0. The van der Waals surface area contributed by atoms with Crippen molar-refractivity contribution in [1.29, 1.82) is 0 Å². The third-order valence-electron chi connectivity index (χ3n) is 5.72. The standard InChI is InChI=1S/C24H29N7O6/c25-20-19-15(12-28-21(19)31-24(26)30-20)8-5-13-3-6-14(7-4-13)22(35)29-16(23(36)37)2-1-11-27-17(32)9-10-18(33)34/h3-4,6-7,12,16H,1-2,5,8-11H2,(H,27,32)(H,29,35)(H,33,34)(H,36,37)(H5,25,26,28,30,31)/t16-/m0/s1. The quantitative estimate of drug-likeness (QED) is 0.160. The average Bonchev–Trinajstić information content (AvgIpc) is 3.26. The summed E-state index contributed by atoms with van der Waals surface area (Å²) in [4.78, 5) is 57.3. The largest absolute Gasteiger partial charge is 0.481 e. The second-order valence-corrected chi connectivity index (χ2v) is 8.45. The van der Waals surface area contributed by atoms with E-state index in [1.165, 1.54) is 0 Å². The van der Waals surface area contributed by atoms with Crippen LogP contribution in [0.2, 0.25) is 0 Å². The van der Waals surface area contributed by atoms with Gasteiger partial charge < -0.3 is 37.3 Å². The number of carboxylic acids is 2. The second-order valence-electron chi connectivity index (χ2n) is 8.45. The van der Waals surface area contributed by atoms with E-state index in [2.05, 4.69) is 25.6 Å². The first kappa shape index (κ1) is 26.9. The van der Waals surface area contributed by atoms with Crippen LogP contribution >= 0.6 is 0 Å². The smallest absolute Gasteiger partial charge is 0.326 e. The van der Waals surface area contributed by atoms with Crippen LogP contribution in [0.4, 0.5) is 11.8 Å². The monoisotopic (exact) mass is 511 g/mol. The highest BCUT2D eigenvalue weighted by molar-refractivity contribution is 5.96. The van der Waals surface area contributed by atoms with E-state index in [0.29, 0.717) is 36.3 Å². The molecule has 2 aromatic heterocycles. The second kappa shape index (κ2) is 12.3. The molecule has 196 valence electrons. The van der Waals surface area contributed by atoms with Crippen LogP contribution in [0.5, 0.6) is 0 Å². The summed E-state index contributed by atoms with van der Waals surface area (Å²) in [5, 5.41) is 23.8. The highest BCUT2D eigenvalue weighted by Gasteiger charge is 2.20. The van der Waals surface area contributed by atoms with E-state index in [9.17, 15) is 24.3 Å². The maximum atomic E-state index is 12.6. The molecule has 0 fully saturated rings. The number of nitrogens with zero attached hydrogens (tertiary/aromatic N) is 2. The molecule has 0 aliphatic heterocycles. The van der Waals surface area contributed by atoms with Crippen molar-refractivity contribution >= 4 is 46.6 Å². The first-order valence-electron chi connectivity index (χ1n) is 11.6. The number of hydrogen-bond acceptors (Lipinski definition) is 8. The molecule has 0 radical (unpaired) electrons. The zero-order valence-electron chi connectivity index (χ0n) is 20.0. The van der Waals surface area contributed by atoms with Gasteiger partial charge in [0.25, 0.3) is 5.91 Å². The van der Waals surface area contributed by atoms with Gasteiger partial charge in [-0.25, -0.2) is 4.79 Å². The molecule has 0 unspecified atom stereocenters. The number of nitrogen functional groups attached to an aromatic ring is 2. The number of rotatable bonds is 13. The Morgan fingerprint density at radius 2 is 1.73 bits per heavy atom. The summed E-state index contributed by atoms with van der Waals surface area (Å²) < 4.78 is 0. The fraction of sp³-hybridized carbons (Fsp3) is 0.333. The molecule has 3 aromatic rings. The van der Waals surface area contributed by atoms with Gasteiger partial charge in [0.1, 0.15) is 17.5 Å². The number of amides is 2. The highest BCUT2D eigenvalue weighted by Crippen LogP contribution is 2.24.